The van der Waals surface area contributed by atoms with Gasteiger partial charge in [-0.1, -0.05) is 109 Å². The van der Waals surface area contributed by atoms with E-state index < -0.39 is 46.3 Å². The summed E-state index contributed by atoms with van der Waals surface area (Å²) in [5, 5.41) is 89.4. The molecule has 0 fully saturated rings. The lowest BCUT2D eigenvalue weighted by molar-refractivity contribution is -0.874. The maximum Gasteiger partial charge on any atom is 0.446 e. The van der Waals surface area contributed by atoms with E-state index in [0.717, 1.165) is 160 Å². The van der Waals surface area contributed by atoms with Gasteiger partial charge in [-0.3, -0.25) is 4.55 Å². The zero-order valence-electron chi connectivity index (χ0n) is 72.8. The van der Waals surface area contributed by atoms with Crippen molar-refractivity contribution in [1.82, 2.24) is 25.3 Å². The average molecular weight is 1750 g/mol. The number of methoxy groups -OCH3 is 3. The lowest BCUT2D eigenvalue weighted by Gasteiger charge is -2.40. The van der Waals surface area contributed by atoms with E-state index in [1.54, 1.807) is 40.5 Å². The first kappa shape index (κ1) is 86.3. The predicted molar refractivity (Wildman–Crippen MR) is 470 cm³/mol. The molecule has 27 nitrogen and oxygen atoms in total. The first-order valence-corrected chi connectivity index (χ1v) is 46.0. The summed E-state index contributed by atoms with van der Waals surface area (Å²) in [5.41, 5.74) is 14.3. The molecule has 0 bridgehead atoms. The number of aromatic hydroxyl groups is 1. The summed E-state index contributed by atoms with van der Waals surface area (Å²) in [6.45, 7) is 12.2. The highest BCUT2D eigenvalue weighted by Gasteiger charge is 2.60. The first-order chi connectivity index (χ1) is 60.4. The van der Waals surface area contributed by atoms with Crippen molar-refractivity contribution in [1.29, 1.82) is 0 Å². The number of aliphatic hydroxyl groups is 6. The van der Waals surface area contributed by atoms with Crippen LogP contribution in [0.1, 0.15) is 149 Å². The number of ether oxygens (including phenoxy) is 9. The normalized spacial score (nSPS) is 34.7. The van der Waals surface area contributed by atoms with Crippen LogP contribution in [0.4, 0.5) is 0 Å². The maximum atomic E-state index is 12.7. The van der Waals surface area contributed by atoms with E-state index in [9.17, 15) is 49.4 Å². The molecule has 12 aliphatic heterocycles. The lowest BCUT2D eigenvalue weighted by Crippen LogP contribution is -2.44. The molecular weight excluding hydrogens is 1630 g/mol. The van der Waals surface area contributed by atoms with Crippen molar-refractivity contribution >= 4 is 10.4 Å². The minimum atomic E-state index is -4.64. The van der Waals surface area contributed by atoms with Gasteiger partial charge in [-0.05, 0) is 163 Å². The Bertz CT molecular complexity index is 5350. The van der Waals surface area contributed by atoms with Gasteiger partial charge in [0.25, 0.3) is 0 Å². The summed E-state index contributed by atoms with van der Waals surface area (Å²) in [4.78, 5) is 6.88. The minimum absolute atomic E-state index is 0.00690. The molecule has 672 valence electrons. The van der Waals surface area contributed by atoms with Gasteiger partial charge >= 0.3 is 10.4 Å². The van der Waals surface area contributed by atoms with Gasteiger partial charge in [0, 0.05) is 117 Å². The SMILES string of the molecule is CN1CCC23C=CC(O)CC2Oc2c(O)ccc(c23)C1.CN1CCC23C=CC(O)CC2Oc2c(OS(=O)(=O)O)ccc(c23)C1.COc1ccc2c3c1OC1CC(O)C=CC31CCNC2.COc1ccc2c3c1OC1CC(O)C=CC31CCNC2.COc1ccc2c3c1OC1CC(O)C=CC31CC[N+](C)([O-])C2.Cc1ccc2c3c1OC1CC(O)C=CC31CCN(C)C2. The second-order valence-corrected chi connectivity index (χ2v) is 39.1. The molecule has 126 heavy (non-hydrogen) atoms. The average Bonchev–Trinajstić information content (AvgIpc) is 1.57. The largest absolute Gasteiger partial charge is 0.633 e. The van der Waals surface area contributed by atoms with Crippen molar-refractivity contribution in [3.05, 3.63) is 223 Å². The maximum absolute atomic E-state index is 12.7. The Hall–Kier alpha value is -9.05. The molecule has 0 saturated heterocycles. The fraction of sp³-hybridized carbons (Fsp3) is 0.510. The number of aliphatic hydroxyl groups excluding tert-OH is 6. The van der Waals surface area contributed by atoms with Gasteiger partial charge in [-0.25, -0.2) is 0 Å². The Kier molecular flexibility index (Phi) is 22.5. The highest BCUT2D eigenvalue weighted by atomic mass is 32.3. The van der Waals surface area contributed by atoms with Crippen LogP contribution in [-0.2, 0) is 82.2 Å². The van der Waals surface area contributed by atoms with Gasteiger partial charge < -0.3 is 118 Å². The predicted octanol–water partition coefficient (Wildman–Crippen LogP) is 9.60. The second-order valence-electron chi connectivity index (χ2n) is 38.1. The number of phenolic OH excluding ortho intramolecular Hbond substituents is 1. The third-order valence-corrected chi connectivity index (χ3v) is 30.6. The van der Waals surface area contributed by atoms with E-state index in [1.165, 1.54) is 50.6 Å². The number of aryl methyl sites for hydroxylation is 1. The standard InChI is InChI=1S/C17H21NO4.C17H21NO2.C16H19NO6S.3C16H19NO3/c1-18(20)8-7-17-6-5-12(19)9-14(17)22-16-13(21-2)4-3-11(10-18)15(16)17;1-11-3-4-12-10-18(2)8-7-17-6-5-13(19)9-14(17)20-16(11)15(12)17;1-17-7-6-16-5-4-11(18)8-13(16)22-15-12(23-24(19,20)21)3-2-10(9-17)14(15)16;2*1-19-12-3-2-10-9-17-7-6-16-5-4-11(18)8-13(16)20-15(12)14(10)16;1-17-7-6-16-5-4-11(18)8-13(16)20-15-12(19)3-2-10(9-17)14(15)16/h3-6,12,14,19H,7-10H2,1-2H3;3-6,13-14,19H,7-10H2,1-2H3;2-5,11,13,18H,6-9H2,1H3,(H,19,20,21);2*2-5,11,13,17-18H,6-9H2,1H3;2-5,11,13,18-19H,6-9H2,1H3. The molecule has 6 aliphatic carbocycles. The van der Waals surface area contributed by atoms with Crippen molar-refractivity contribution in [2.45, 2.75) is 229 Å². The Morgan fingerprint density at radius 2 is 0.698 bits per heavy atom. The Morgan fingerprint density at radius 3 is 1.09 bits per heavy atom. The van der Waals surface area contributed by atoms with E-state index >= 15 is 0 Å². The fourth-order valence-electron chi connectivity index (χ4n) is 24.0. The van der Waals surface area contributed by atoms with Crippen molar-refractivity contribution in [3.63, 3.8) is 0 Å². The monoisotopic (exact) mass is 1750 g/mol. The van der Waals surface area contributed by atoms with Gasteiger partial charge in [0.15, 0.2) is 57.5 Å². The number of rotatable bonds is 5. The molecule has 19 unspecified atom stereocenters. The van der Waals surface area contributed by atoms with Crippen molar-refractivity contribution in [3.8, 4) is 63.2 Å². The zero-order chi connectivity index (χ0) is 87.9. The summed E-state index contributed by atoms with van der Waals surface area (Å²) in [7, 11) is 8.40. The van der Waals surface area contributed by atoms with Gasteiger partial charge in [0.05, 0.1) is 104 Å². The number of hydrogen-bond donors (Lipinski definition) is 10. The molecule has 0 amide bonds. The van der Waals surface area contributed by atoms with Crippen molar-refractivity contribution < 1.29 is 100 Å². The number of nitrogens with one attached hydrogen (secondary N) is 2. The number of quaternary nitrogens is 1. The highest BCUT2D eigenvalue weighted by molar-refractivity contribution is 7.81. The second kappa shape index (κ2) is 32.9. The summed E-state index contributed by atoms with van der Waals surface area (Å²) in [6, 6.07) is 23.5. The van der Waals surface area contributed by atoms with Crippen LogP contribution in [0, 0.1) is 12.1 Å². The molecule has 6 aromatic carbocycles. The summed E-state index contributed by atoms with van der Waals surface area (Å²) >= 11 is 0. The molecule has 24 rings (SSSR count). The van der Waals surface area contributed by atoms with Crippen LogP contribution >= 0.6 is 0 Å². The molecule has 6 aromatic rings. The number of phenols is 1. The Morgan fingerprint density at radius 1 is 0.405 bits per heavy atom. The summed E-state index contributed by atoms with van der Waals surface area (Å²) in [5.74, 6) is 7.04. The van der Waals surface area contributed by atoms with Crippen LogP contribution in [0.5, 0.6) is 63.2 Å². The van der Waals surface area contributed by atoms with E-state index in [-0.39, 0.29) is 85.9 Å². The molecular formula is C98H118N6O21S. The van der Waals surface area contributed by atoms with Crippen LogP contribution in [-0.4, -0.2) is 230 Å². The van der Waals surface area contributed by atoms with Crippen LogP contribution < -0.4 is 57.4 Å². The summed E-state index contributed by atoms with van der Waals surface area (Å²) in [6.07, 6.45) is 30.0. The van der Waals surface area contributed by atoms with E-state index in [4.69, 9.17) is 51.4 Å². The molecule has 10 N–H and O–H groups in total. The van der Waals surface area contributed by atoms with Crippen LogP contribution in [0.2, 0.25) is 0 Å². The number of benzene rings is 6. The first-order valence-electron chi connectivity index (χ1n) is 44.6. The molecule has 0 saturated carbocycles. The van der Waals surface area contributed by atoms with E-state index in [0.29, 0.717) is 75.4 Å². The quantitative estimate of drug-likeness (QED) is 0.0332. The molecule has 12 heterocycles. The van der Waals surface area contributed by atoms with Gasteiger partial charge in [0.1, 0.15) is 48.9 Å². The molecule has 19 atom stereocenters. The van der Waals surface area contributed by atoms with Gasteiger partial charge in [-0.15, -0.1) is 0 Å². The third-order valence-electron chi connectivity index (χ3n) is 30.2. The molecule has 18 aliphatic rings. The smallest absolute Gasteiger partial charge is 0.446 e. The highest BCUT2D eigenvalue weighted by Crippen LogP contribution is 2.63. The fourth-order valence-corrected chi connectivity index (χ4v) is 24.4. The number of nitrogens with zero attached hydrogens (tertiary/aromatic N) is 4. The minimum Gasteiger partial charge on any atom is -0.633 e. The molecule has 0 aromatic heterocycles. The van der Waals surface area contributed by atoms with Gasteiger partial charge in [-0.2, -0.15) is 8.42 Å². The molecule has 0 radical (unpaired) electrons. The van der Waals surface area contributed by atoms with Crippen molar-refractivity contribution in [2.24, 2.45) is 0 Å². The van der Waals surface area contributed by atoms with Crippen LogP contribution in [0.15, 0.2) is 146 Å². The van der Waals surface area contributed by atoms with Crippen LogP contribution in [0.25, 0.3) is 0 Å². The topological polar surface area (TPSA) is 345 Å². The van der Waals surface area contributed by atoms with Crippen molar-refractivity contribution in [2.75, 3.05) is 88.8 Å². The van der Waals surface area contributed by atoms with E-state index in [1.807, 2.05) is 79.9 Å². The zero-order valence-corrected chi connectivity index (χ0v) is 73.7. The Balaban J connectivity index is 0.0000000989. The van der Waals surface area contributed by atoms with Crippen LogP contribution in [0.3, 0.4) is 0 Å². The third kappa shape index (κ3) is 14.8. The summed E-state index contributed by atoms with van der Waals surface area (Å²) < 4.78 is 89.1. The van der Waals surface area contributed by atoms with Gasteiger partial charge in [0.2, 0.25) is 0 Å². The lowest BCUT2D eigenvalue weighted by atomic mass is 9.69. The van der Waals surface area contributed by atoms with E-state index in [2.05, 4.69) is 101 Å². The molecule has 28 heteroatoms. The number of hydrogen-bond acceptors (Lipinski definition) is 25. The molecule has 6 spiro atoms. The Labute approximate surface area is 736 Å². The number of hydroxylamine groups is 3.